The first-order chi connectivity index (χ1) is 16.8. The number of nitrogens with zero attached hydrogens (tertiary/aromatic N) is 3. The molecule has 4 aromatic rings. The molecule has 6 heterocycles. The Morgan fingerprint density at radius 2 is 2.03 bits per heavy atom. The van der Waals surface area contributed by atoms with Gasteiger partial charge in [-0.25, -0.2) is 4.98 Å². The SMILES string of the molecule is O=C(CCCCc1noc2c1CNCC2)Cc1sc2c(c1-c1nc3cnccc3s1)CCNC2.[HH].[HH]. The molecule has 0 radical (unpaired) electrons. The Hall–Kier alpha value is -2.46. The maximum Gasteiger partial charge on any atom is 0.142 e. The van der Waals surface area contributed by atoms with Crippen molar-refractivity contribution in [3.05, 3.63) is 50.8 Å². The zero-order chi connectivity index (χ0) is 22.9. The maximum absolute atomic E-state index is 13.0. The van der Waals surface area contributed by atoms with Gasteiger partial charge in [0.2, 0.25) is 0 Å². The molecule has 180 valence electrons. The summed E-state index contributed by atoms with van der Waals surface area (Å²) in [5, 5.41) is 12.1. The van der Waals surface area contributed by atoms with Crippen molar-refractivity contribution in [2.75, 3.05) is 13.1 Å². The van der Waals surface area contributed by atoms with Gasteiger partial charge in [0.05, 0.1) is 16.6 Å². The molecule has 0 saturated carbocycles. The number of ketones is 1. The quantitative estimate of drug-likeness (QED) is 0.340. The van der Waals surface area contributed by atoms with E-state index in [4.69, 9.17) is 9.51 Å². The second-order valence-corrected chi connectivity index (χ2v) is 11.2. The molecule has 0 aromatic carbocycles. The number of aryl methyl sites for hydroxylation is 1. The number of carbonyl (C=O) groups is 1. The first-order valence-corrected chi connectivity index (χ1v) is 13.6. The fourth-order valence-corrected chi connectivity index (χ4v) is 7.37. The van der Waals surface area contributed by atoms with Crippen molar-refractivity contribution in [2.24, 2.45) is 0 Å². The number of unbranched alkanes of at least 4 members (excludes halogenated alkanes) is 1. The van der Waals surface area contributed by atoms with Crippen LogP contribution in [0.4, 0.5) is 0 Å². The van der Waals surface area contributed by atoms with E-state index in [9.17, 15) is 4.79 Å². The normalized spacial score (nSPS) is 15.4. The van der Waals surface area contributed by atoms with Crippen LogP contribution in [0.5, 0.6) is 0 Å². The zero-order valence-corrected chi connectivity index (χ0v) is 20.6. The van der Waals surface area contributed by atoms with Gasteiger partial charge in [0.1, 0.15) is 22.1 Å². The smallest absolute Gasteiger partial charge is 0.142 e. The number of thiophene rings is 1. The van der Waals surface area contributed by atoms with Gasteiger partial charge in [0.15, 0.2) is 0 Å². The predicted octanol–water partition coefficient (Wildman–Crippen LogP) is 4.72. The predicted molar refractivity (Wildman–Crippen MR) is 139 cm³/mol. The number of carbonyl (C=O) groups excluding carboxylic acids is 1. The molecule has 0 amide bonds. The van der Waals surface area contributed by atoms with E-state index in [1.54, 1.807) is 22.7 Å². The van der Waals surface area contributed by atoms with Gasteiger partial charge < -0.3 is 15.2 Å². The lowest BCUT2D eigenvalue weighted by Crippen LogP contribution is -2.23. The van der Waals surface area contributed by atoms with Gasteiger partial charge in [-0.3, -0.25) is 9.78 Å². The molecule has 0 saturated heterocycles. The van der Waals surface area contributed by atoms with Gasteiger partial charge in [-0.05, 0) is 43.9 Å². The first kappa shape index (κ1) is 22.0. The highest BCUT2D eigenvalue weighted by atomic mass is 32.1. The van der Waals surface area contributed by atoms with Gasteiger partial charge in [0, 0.05) is 68.8 Å². The number of rotatable bonds is 8. The first-order valence-electron chi connectivity index (χ1n) is 12.0. The molecule has 6 rings (SSSR count). The third kappa shape index (κ3) is 4.33. The number of thiazole rings is 1. The van der Waals surface area contributed by atoms with E-state index in [1.807, 2.05) is 18.5 Å². The van der Waals surface area contributed by atoms with Crippen molar-refractivity contribution in [1.82, 2.24) is 25.8 Å². The van der Waals surface area contributed by atoms with Crippen LogP contribution < -0.4 is 10.6 Å². The number of hydrogen-bond acceptors (Lipinski definition) is 9. The second-order valence-electron chi connectivity index (χ2n) is 8.97. The van der Waals surface area contributed by atoms with E-state index in [0.717, 1.165) is 85.0 Å². The minimum atomic E-state index is 0. The van der Waals surface area contributed by atoms with Crippen molar-refractivity contribution in [1.29, 1.82) is 0 Å². The van der Waals surface area contributed by atoms with E-state index in [0.29, 0.717) is 18.6 Å². The van der Waals surface area contributed by atoms with Crippen LogP contribution in [0.15, 0.2) is 23.0 Å². The molecule has 2 N–H and O–H groups in total. The summed E-state index contributed by atoms with van der Waals surface area (Å²) in [6.07, 6.45) is 9.32. The summed E-state index contributed by atoms with van der Waals surface area (Å²) in [4.78, 5) is 24.6. The summed E-state index contributed by atoms with van der Waals surface area (Å²) in [6.45, 7) is 3.65. The molecule has 4 aromatic heterocycles. The molecule has 0 atom stereocenters. The van der Waals surface area contributed by atoms with E-state index in [1.165, 1.54) is 26.4 Å². The third-order valence-electron chi connectivity index (χ3n) is 6.66. The minimum absolute atomic E-state index is 0. The number of hydrogen-bond donors (Lipinski definition) is 2. The van der Waals surface area contributed by atoms with Crippen molar-refractivity contribution in [2.45, 2.75) is 58.0 Å². The Morgan fingerprint density at radius 3 is 2.97 bits per heavy atom. The number of Topliss-reactive ketones (excluding diaryl/α,β-unsaturated/α-hetero) is 1. The molecule has 2 aliphatic rings. The number of aromatic nitrogens is 3. The Labute approximate surface area is 209 Å². The topological polar surface area (TPSA) is 92.9 Å². The average molecular weight is 498 g/mol. The maximum atomic E-state index is 13.0. The number of nitrogens with one attached hydrogen (secondary N) is 2. The van der Waals surface area contributed by atoms with E-state index in [-0.39, 0.29) is 2.85 Å². The van der Waals surface area contributed by atoms with Crippen molar-refractivity contribution in [3.8, 4) is 10.6 Å². The molecule has 0 spiro atoms. The Balaban J connectivity index is 0.00000152. The standard InChI is InChI=1S/C25H27N5O2S2.2H2/c31-15(3-1-2-4-18-17-12-26-9-6-20(17)32-30-18)11-22-24(16-5-8-28-14-23(16)33-22)25-29-19-13-27-10-7-21(19)34-25;;/h7,10,13,26,28H,1-6,8-9,11-12,14H2;2*1H. The number of pyridine rings is 1. The lowest BCUT2D eigenvalue weighted by atomic mass is 9.99. The molecular formula is C25H31N5O2S2. The van der Waals surface area contributed by atoms with Crippen LogP contribution in [0, 0.1) is 0 Å². The minimum Gasteiger partial charge on any atom is -0.361 e. The van der Waals surface area contributed by atoms with Gasteiger partial charge in [-0.15, -0.1) is 22.7 Å². The molecule has 0 aliphatic carbocycles. The third-order valence-corrected chi connectivity index (χ3v) is 8.95. The molecule has 34 heavy (non-hydrogen) atoms. The van der Waals surface area contributed by atoms with Crippen LogP contribution in [-0.4, -0.2) is 34.0 Å². The molecule has 0 bridgehead atoms. The Kier molecular flexibility index (Phi) is 6.26. The highest BCUT2D eigenvalue weighted by Crippen LogP contribution is 2.41. The fraction of sp³-hybridized carbons (Fsp3) is 0.440. The number of fused-ring (bicyclic) bond motifs is 3. The average Bonchev–Trinajstić information content (AvgIpc) is 3.56. The summed E-state index contributed by atoms with van der Waals surface area (Å²) in [5.74, 6) is 1.33. The van der Waals surface area contributed by atoms with E-state index >= 15 is 0 Å². The fourth-order valence-electron chi connectivity index (χ4n) is 4.92. The zero-order valence-electron chi connectivity index (χ0n) is 19.0. The van der Waals surface area contributed by atoms with E-state index in [2.05, 4.69) is 20.8 Å². The lowest BCUT2D eigenvalue weighted by Gasteiger charge is -2.13. The second kappa shape index (κ2) is 9.65. The highest BCUT2D eigenvalue weighted by Gasteiger charge is 2.25. The van der Waals surface area contributed by atoms with Crippen LogP contribution >= 0.6 is 22.7 Å². The van der Waals surface area contributed by atoms with Crippen molar-refractivity contribution < 1.29 is 12.2 Å². The van der Waals surface area contributed by atoms with Crippen LogP contribution in [0.2, 0.25) is 0 Å². The van der Waals surface area contributed by atoms with Crippen LogP contribution in [0.25, 0.3) is 20.8 Å². The molecule has 0 fully saturated rings. The summed E-state index contributed by atoms with van der Waals surface area (Å²) in [5.41, 5.74) is 5.80. The van der Waals surface area contributed by atoms with Gasteiger partial charge in [-0.1, -0.05) is 5.16 Å². The largest absolute Gasteiger partial charge is 0.361 e. The molecular weight excluding hydrogens is 466 g/mol. The van der Waals surface area contributed by atoms with Gasteiger partial charge in [0.25, 0.3) is 0 Å². The Morgan fingerprint density at radius 1 is 1.12 bits per heavy atom. The van der Waals surface area contributed by atoms with Crippen LogP contribution in [0.1, 0.15) is 54.5 Å². The van der Waals surface area contributed by atoms with Gasteiger partial charge in [-0.2, -0.15) is 0 Å². The van der Waals surface area contributed by atoms with E-state index < -0.39 is 0 Å². The summed E-state index contributed by atoms with van der Waals surface area (Å²) < 4.78 is 6.63. The highest BCUT2D eigenvalue weighted by molar-refractivity contribution is 7.22. The van der Waals surface area contributed by atoms with Crippen molar-refractivity contribution in [3.63, 3.8) is 0 Å². The molecule has 7 nitrogen and oxygen atoms in total. The summed E-state index contributed by atoms with van der Waals surface area (Å²) in [7, 11) is 0. The monoisotopic (exact) mass is 497 g/mol. The Bertz CT molecular complexity index is 1320. The molecule has 2 aliphatic heterocycles. The molecule has 9 heteroatoms. The van der Waals surface area contributed by atoms with Crippen LogP contribution in [0.3, 0.4) is 0 Å². The molecule has 0 unspecified atom stereocenters. The van der Waals surface area contributed by atoms with Crippen molar-refractivity contribution >= 4 is 38.7 Å². The lowest BCUT2D eigenvalue weighted by molar-refractivity contribution is -0.118. The van der Waals surface area contributed by atoms with Crippen LogP contribution in [-0.2, 0) is 43.6 Å². The summed E-state index contributed by atoms with van der Waals surface area (Å²) >= 11 is 3.49. The van der Waals surface area contributed by atoms with Gasteiger partial charge >= 0.3 is 0 Å². The summed E-state index contributed by atoms with van der Waals surface area (Å²) in [6, 6.07) is 2.02.